The lowest BCUT2D eigenvalue weighted by Crippen LogP contribution is -2.17. The van der Waals surface area contributed by atoms with Gasteiger partial charge in [0, 0.05) is 12.5 Å². The smallest absolute Gasteiger partial charge is 0.331 e. The van der Waals surface area contributed by atoms with Crippen LogP contribution in [0.15, 0.2) is 60.8 Å². The Hall–Kier alpha value is -1.83. The second-order valence-corrected chi connectivity index (χ2v) is 5.69. The highest BCUT2D eigenvalue weighted by Crippen LogP contribution is 2.38. The molecular formula is C19H24O2. The van der Waals surface area contributed by atoms with E-state index in [0.29, 0.717) is 0 Å². The minimum atomic E-state index is -0.251. The first-order valence-corrected chi connectivity index (χ1v) is 7.79. The number of carbonyl (C=O) groups is 1. The quantitative estimate of drug-likeness (QED) is 0.390. The monoisotopic (exact) mass is 284 g/mol. The number of hydrogen-bond acceptors (Lipinski definition) is 2. The van der Waals surface area contributed by atoms with Crippen LogP contribution in [-0.2, 0) is 9.53 Å². The summed E-state index contributed by atoms with van der Waals surface area (Å²) in [6.07, 6.45) is 24.3. The molecule has 21 heavy (non-hydrogen) atoms. The summed E-state index contributed by atoms with van der Waals surface area (Å²) >= 11 is 0. The van der Waals surface area contributed by atoms with E-state index in [-0.39, 0.29) is 12.1 Å². The first-order chi connectivity index (χ1) is 10.3. The fourth-order valence-corrected chi connectivity index (χ4v) is 2.21. The van der Waals surface area contributed by atoms with Gasteiger partial charge in [0.1, 0.15) is 6.10 Å². The van der Waals surface area contributed by atoms with Crippen molar-refractivity contribution in [2.24, 2.45) is 11.8 Å². The molecule has 2 heteroatoms. The average molecular weight is 284 g/mol. The summed E-state index contributed by atoms with van der Waals surface area (Å²) in [7, 11) is 0. The average Bonchev–Trinajstić information content (AvgIpc) is 3.17. The number of hydrogen-bond donors (Lipinski definition) is 0. The molecule has 1 aliphatic heterocycles. The largest absolute Gasteiger partial charge is 0.455 e. The minimum Gasteiger partial charge on any atom is -0.455 e. The molecule has 1 heterocycles. The predicted octanol–water partition coefficient (Wildman–Crippen LogP) is 4.52. The van der Waals surface area contributed by atoms with Gasteiger partial charge in [-0.15, -0.1) is 0 Å². The van der Waals surface area contributed by atoms with E-state index in [4.69, 9.17) is 4.74 Å². The molecule has 0 aromatic heterocycles. The van der Waals surface area contributed by atoms with E-state index in [1.807, 2.05) is 24.3 Å². The SMILES string of the molecule is C[C@H]1C[C@@H]1/C=C/C=C/CC/C=C/C=C/C1CC=CC(=O)O1. The van der Waals surface area contributed by atoms with E-state index < -0.39 is 0 Å². The summed E-state index contributed by atoms with van der Waals surface area (Å²) in [5.74, 6) is 1.46. The van der Waals surface area contributed by atoms with Crippen LogP contribution in [0.25, 0.3) is 0 Å². The van der Waals surface area contributed by atoms with E-state index in [1.165, 1.54) is 12.5 Å². The number of unbranched alkanes of at least 4 members (excludes halogenated alkanes) is 1. The minimum absolute atomic E-state index is 0.109. The molecule has 1 fully saturated rings. The Bertz CT molecular complexity index is 480. The van der Waals surface area contributed by atoms with E-state index in [1.54, 1.807) is 0 Å². The fraction of sp³-hybridized carbons (Fsp3) is 0.421. The van der Waals surface area contributed by atoms with Crippen LogP contribution in [0.1, 0.15) is 32.6 Å². The van der Waals surface area contributed by atoms with Gasteiger partial charge in [-0.25, -0.2) is 4.79 Å². The molecule has 2 rings (SSSR count). The zero-order valence-electron chi connectivity index (χ0n) is 12.7. The number of cyclic esters (lactones) is 1. The highest BCUT2D eigenvalue weighted by molar-refractivity contribution is 5.82. The van der Waals surface area contributed by atoms with Crippen LogP contribution in [0.3, 0.4) is 0 Å². The Labute approximate surface area is 127 Å². The molecule has 0 radical (unpaired) electrons. The van der Waals surface area contributed by atoms with Crippen molar-refractivity contribution in [3.8, 4) is 0 Å². The van der Waals surface area contributed by atoms with Crippen molar-refractivity contribution < 1.29 is 9.53 Å². The molecule has 112 valence electrons. The lowest BCUT2D eigenvalue weighted by Gasteiger charge is -2.13. The van der Waals surface area contributed by atoms with Crippen molar-refractivity contribution in [1.29, 1.82) is 0 Å². The molecular weight excluding hydrogens is 260 g/mol. The van der Waals surface area contributed by atoms with E-state index in [0.717, 1.165) is 31.1 Å². The second-order valence-electron chi connectivity index (χ2n) is 5.69. The van der Waals surface area contributed by atoms with Crippen LogP contribution < -0.4 is 0 Å². The number of esters is 1. The summed E-state index contributed by atoms with van der Waals surface area (Å²) < 4.78 is 5.12. The van der Waals surface area contributed by atoms with Crippen LogP contribution >= 0.6 is 0 Å². The van der Waals surface area contributed by atoms with Gasteiger partial charge in [-0.1, -0.05) is 55.5 Å². The summed E-state index contributed by atoms with van der Waals surface area (Å²) in [5.41, 5.74) is 0. The van der Waals surface area contributed by atoms with Gasteiger partial charge in [-0.2, -0.15) is 0 Å². The Balaban J connectivity index is 1.53. The molecule has 1 unspecified atom stereocenters. The second kappa shape index (κ2) is 8.46. The lowest BCUT2D eigenvalue weighted by molar-refractivity contribution is -0.141. The molecule has 3 atom stereocenters. The molecule has 2 aliphatic rings. The molecule has 0 amide bonds. The third-order valence-corrected chi connectivity index (χ3v) is 3.74. The summed E-state index contributed by atoms with van der Waals surface area (Å²) in [4.78, 5) is 11.0. The Morgan fingerprint density at radius 1 is 1.14 bits per heavy atom. The lowest BCUT2D eigenvalue weighted by atomic mass is 10.2. The number of allylic oxidation sites excluding steroid dienone is 7. The molecule has 0 bridgehead atoms. The first kappa shape index (κ1) is 15.6. The fourth-order valence-electron chi connectivity index (χ4n) is 2.21. The zero-order valence-corrected chi connectivity index (χ0v) is 12.7. The molecule has 0 aromatic rings. The van der Waals surface area contributed by atoms with Crippen LogP contribution in [0, 0.1) is 11.8 Å². The van der Waals surface area contributed by atoms with Gasteiger partial charge in [-0.3, -0.25) is 0 Å². The van der Waals surface area contributed by atoms with Crippen LogP contribution in [0.5, 0.6) is 0 Å². The van der Waals surface area contributed by atoms with Gasteiger partial charge < -0.3 is 4.74 Å². The maximum atomic E-state index is 11.0. The zero-order chi connectivity index (χ0) is 14.9. The van der Waals surface area contributed by atoms with Crippen molar-refractivity contribution in [2.75, 3.05) is 0 Å². The van der Waals surface area contributed by atoms with E-state index in [9.17, 15) is 4.79 Å². The molecule has 0 aromatic carbocycles. The highest BCUT2D eigenvalue weighted by atomic mass is 16.5. The topological polar surface area (TPSA) is 26.3 Å². The standard InChI is InChI=1S/C19H24O2/c1-16-15-17(16)11-8-6-4-2-3-5-7-9-12-18-13-10-14-19(20)21-18/h4-12,14,16-18H,2-3,13,15H2,1H3/b6-4+,7-5+,11-8+,12-9+/t16-,17-,18?/m0/s1. The predicted molar refractivity (Wildman–Crippen MR) is 86.7 cm³/mol. The van der Waals surface area contributed by atoms with E-state index >= 15 is 0 Å². The van der Waals surface area contributed by atoms with Crippen LogP contribution in [0.4, 0.5) is 0 Å². The van der Waals surface area contributed by atoms with E-state index in [2.05, 4.69) is 37.3 Å². The Morgan fingerprint density at radius 3 is 2.43 bits per heavy atom. The summed E-state index contributed by atoms with van der Waals surface area (Å²) in [5, 5.41) is 0. The van der Waals surface area contributed by atoms with Gasteiger partial charge in [0.15, 0.2) is 0 Å². The molecule has 2 nitrogen and oxygen atoms in total. The van der Waals surface area contributed by atoms with Crippen molar-refractivity contribution in [2.45, 2.75) is 38.7 Å². The van der Waals surface area contributed by atoms with Gasteiger partial charge in [0.2, 0.25) is 0 Å². The maximum Gasteiger partial charge on any atom is 0.331 e. The Kier molecular flexibility index (Phi) is 6.26. The highest BCUT2D eigenvalue weighted by Gasteiger charge is 2.29. The maximum absolute atomic E-state index is 11.0. The van der Waals surface area contributed by atoms with Gasteiger partial charge in [0.25, 0.3) is 0 Å². The molecule has 0 saturated heterocycles. The third kappa shape index (κ3) is 6.44. The van der Waals surface area contributed by atoms with Crippen LogP contribution in [-0.4, -0.2) is 12.1 Å². The van der Waals surface area contributed by atoms with Crippen molar-refractivity contribution in [3.05, 3.63) is 60.8 Å². The van der Waals surface area contributed by atoms with Gasteiger partial charge in [-0.05, 0) is 37.2 Å². The first-order valence-electron chi connectivity index (χ1n) is 7.79. The van der Waals surface area contributed by atoms with Crippen molar-refractivity contribution >= 4 is 5.97 Å². The number of rotatable bonds is 7. The van der Waals surface area contributed by atoms with Crippen molar-refractivity contribution in [3.63, 3.8) is 0 Å². The van der Waals surface area contributed by atoms with Crippen LogP contribution in [0.2, 0.25) is 0 Å². The Morgan fingerprint density at radius 2 is 1.81 bits per heavy atom. The normalized spacial score (nSPS) is 29.2. The van der Waals surface area contributed by atoms with Crippen molar-refractivity contribution in [1.82, 2.24) is 0 Å². The summed E-state index contributed by atoms with van der Waals surface area (Å²) in [6, 6.07) is 0. The molecule has 0 spiro atoms. The molecule has 1 saturated carbocycles. The third-order valence-electron chi connectivity index (χ3n) is 3.74. The number of ether oxygens (including phenoxy) is 1. The summed E-state index contributed by atoms with van der Waals surface area (Å²) in [6.45, 7) is 2.29. The molecule has 1 aliphatic carbocycles. The number of carbonyl (C=O) groups excluding carboxylic acids is 1. The molecule has 0 N–H and O–H groups in total. The van der Waals surface area contributed by atoms with Gasteiger partial charge in [0.05, 0.1) is 0 Å². The van der Waals surface area contributed by atoms with Gasteiger partial charge >= 0.3 is 5.97 Å².